The van der Waals surface area contributed by atoms with Crippen LogP contribution in [0.1, 0.15) is 30.6 Å². The summed E-state index contributed by atoms with van der Waals surface area (Å²) < 4.78 is 1.14. The molecule has 0 saturated carbocycles. The number of nitrogens with one attached hydrogen (secondary N) is 1. The van der Waals surface area contributed by atoms with Crippen molar-refractivity contribution in [2.45, 2.75) is 19.4 Å². The largest absolute Gasteiger partial charge is 0.305 e. The smallest absolute Gasteiger partial charge is 0.0801 e. The molecule has 1 N–H and O–H groups in total. The first-order valence-electron chi connectivity index (χ1n) is 5.54. The minimum Gasteiger partial charge on any atom is -0.305 e. The summed E-state index contributed by atoms with van der Waals surface area (Å²) in [4.78, 5) is 8.52. The Hall–Kier alpha value is -0.780. The highest BCUT2D eigenvalue weighted by Crippen LogP contribution is 2.28. The number of nitrogens with zero attached hydrogens (tertiary/aromatic N) is 2. The van der Waals surface area contributed by atoms with Gasteiger partial charge in [0, 0.05) is 12.4 Å². The fraction of sp³-hybridized carbons (Fsp3) is 0.333. The van der Waals surface area contributed by atoms with Crippen LogP contribution in [0.3, 0.4) is 0 Å². The first kappa shape index (κ1) is 12.7. The Labute approximate surface area is 113 Å². The van der Waals surface area contributed by atoms with Crippen LogP contribution in [0.15, 0.2) is 33.8 Å². The minimum absolute atomic E-state index is 0.131. The Kier molecular flexibility index (Phi) is 4.65. The number of thiophene rings is 1. The van der Waals surface area contributed by atoms with Gasteiger partial charge in [-0.1, -0.05) is 6.92 Å². The van der Waals surface area contributed by atoms with Gasteiger partial charge >= 0.3 is 0 Å². The third-order valence-electron chi connectivity index (χ3n) is 2.40. The van der Waals surface area contributed by atoms with Crippen LogP contribution >= 0.6 is 27.3 Å². The van der Waals surface area contributed by atoms with Crippen molar-refractivity contribution in [2.24, 2.45) is 0 Å². The zero-order chi connectivity index (χ0) is 12.1. The molecule has 2 rings (SSSR count). The van der Waals surface area contributed by atoms with Crippen LogP contribution < -0.4 is 5.32 Å². The van der Waals surface area contributed by atoms with Crippen LogP contribution in [0, 0.1) is 0 Å². The lowest BCUT2D eigenvalue weighted by molar-refractivity contribution is 0.585. The quantitative estimate of drug-likeness (QED) is 0.919. The summed E-state index contributed by atoms with van der Waals surface area (Å²) in [6, 6.07) is 2.26. The summed E-state index contributed by atoms with van der Waals surface area (Å²) in [5.74, 6) is 0. The highest BCUT2D eigenvalue weighted by molar-refractivity contribution is 9.11. The van der Waals surface area contributed by atoms with Crippen molar-refractivity contribution < 1.29 is 0 Å². The summed E-state index contributed by atoms with van der Waals surface area (Å²) in [6.07, 6.45) is 6.35. The molecule has 5 heteroatoms. The van der Waals surface area contributed by atoms with Gasteiger partial charge in [0.1, 0.15) is 0 Å². The number of halogens is 1. The molecule has 0 aliphatic carbocycles. The SMILES string of the molecule is CCCNC(c1csc(Br)c1)c1cnccn1. The molecule has 0 aromatic carbocycles. The molecular weight excluding hydrogens is 298 g/mol. The summed E-state index contributed by atoms with van der Waals surface area (Å²) in [5, 5.41) is 5.64. The van der Waals surface area contributed by atoms with Crippen LogP contribution in [0.2, 0.25) is 0 Å². The van der Waals surface area contributed by atoms with E-state index in [1.165, 1.54) is 5.56 Å². The molecule has 90 valence electrons. The van der Waals surface area contributed by atoms with Gasteiger partial charge in [0.2, 0.25) is 0 Å². The van der Waals surface area contributed by atoms with E-state index in [0.717, 1.165) is 22.4 Å². The Bertz CT molecular complexity index is 458. The molecule has 3 nitrogen and oxygen atoms in total. The van der Waals surface area contributed by atoms with E-state index in [2.05, 4.69) is 49.6 Å². The van der Waals surface area contributed by atoms with Gasteiger partial charge in [-0.3, -0.25) is 9.97 Å². The van der Waals surface area contributed by atoms with Crippen LogP contribution in [0.4, 0.5) is 0 Å². The Balaban J connectivity index is 2.25. The first-order chi connectivity index (χ1) is 8.31. The first-order valence-corrected chi connectivity index (χ1v) is 7.21. The summed E-state index contributed by atoms with van der Waals surface area (Å²) >= 11 is 5.19. The van der Waals surface area contributed by atoms with Gasteiger partial charge < -0.3 is 5.32 Å². The van der Waals surface area contributed by atoms with Gasteiger partial charge in [0.05, 0.1) is 21.7 Å². The van der Waals surface area contributed by atoms with E-state index in [9.17, 15) is 0 Å². The molecule has 2 aromatic heterocycles. The fourth-order valence-corrected chi connectivity index (χ4v) is 2.82. The molecule has 0 aliphatic rings. The number of hydrogen-bond acceptors (Lipinski definition) is 4. The van der Waals surface area contributed by atoms with E-state index in [0.29, 0.717) is 0 Å². The standard InChI is InChI=1S/C12H14BrN3S/c1-2-3-16-12(9-6-11(13)17-8-9)10-7-14-4-5-15-10/h4-8,12,16H,2-3H2,1H3. The monoisotopic (exact) mass is 311 g/mol. The predicted octanol–water partition coefficient (Wildman–Crippen LogP) is 3.39. The second-order valence-corrected chi connectivity index (χ2v) is 5.99. The lowest BCUT2D eigenvalue weighted by atomic mass is 10.1. The van der Waals surface area contributed by atoms with E-state index < -0.39 is 0 Å². The zero-order valence-electron chi connectivity index (χ0n) is 9.56. The van der Waals surface area contributed by atoms with E-state index in [4.69, 9.17) is 0 Å². The van der Waals surface area contributed by atoms with Gasteiger partial charge in [0.25, 0.3) is 0 Å². The van der Waals surface area contributed by atoms with Crippen LogP contribution in [0.5, 0.6) is 0 Å². The summed E-state index contributed by atoms with van der Waals surface area (Å²) in [5.41, 5.74) is 2.20. The molecule has 0 bridgehead atoms. The lowest BCUT2D eigenvalue weighted by Crippen LogP contribution is -2.23. The normalized spacial score (nSPS) is 12.6. The number of rotatable bonds is 5. The summed E-state index contributed by atoms with van der Waals surface area (Å²) in [6.45, 7) is 3.12. The average molecular weight is 312 g/mol. The molecule has 0 saturated heterocycles. The number of aromatic nitrogens is 2. The highest BCUT2D eigenvalue weighted by Gasteiger charge is 2.15. The van der Waals surface area contributed by atoms with Crippen molar-refractivity contribution in [1.29, 1.82) is 0 Å². The molecule has 17 heavy (non-hydrogen) atoms. The summed E-state index contributed by atoms with van der Waals surface area (Å²) in [7, 11) is 0. The van der Waals surface area contributed by atoms with Gasteiger partial charge in [0.15, 0.2) is 0 Å². The van der Waals surface area contributed by atoms with Crippen molar-refractivity contribution in [1.82, 2.24) is 15.3 Å². The van der Waals surface area contributed by atoms with Gasteiger partial charge in [-0.25, -0.2) is 0 Å². The third-order valence-corrected chi connectivity index (χ3v) is 3.92. The van der Waals surface area contributed by atoms with Crippen molar-refractivity contribution in [3.8, 4) is 0 Å². The maximum absolute atomic E-state index is 4.38. The van der Waals surface area contributed by atoms with Crippen LogP contribution in [-0.2, 0) is 0 Å². The molecule has 0 amide bonds. The van der Waals surface area contributed by atoms with Gasteiger partial charge in [-0.15, -0.1) is 11.3 Å². The predicted molar refractivity (Wildman–Crippen MR) is 74.2 cm³/mol. The molecule has 1 unspecified atom stereocenters. The van der Waals surface area contributed by atoms with Gasteiger partial charge in [-0.05, 0) is 45.9 Å². The van der Waals surface area contributed by atoms with E-state index in [1.54, 1.807) is 23.7 Å². The van der Waals surface area contributed by atoms with Crippen molar-refractivity contribution >= 4 is 27.3 Å². The van der Waals surface area contributed by atoms with Crippen molar-refractivity contribution in [3.63, 3.8) is 0 Å². The van der Waals surface area contributed by atoms with Gasteiger partial charge in [-0.2, -0.15) is 0 Å². The van der Waals surface area contributed by atoms with Crippen molar-refractivity contribution in [3.05, 3.63) is 45.1 Å². The molecule has 2 heterocycles. The zero-order valence-corrected chi connectivity index (χ0v) is 12.0. The Morgan fingerprint density at radius 2 is 2.35 bits per heavy atom. The minimum atomic E-state index is 0.131. The second-order valence-electron chi connectivity index (χ2n) is 3.70. The molecule has 0 radical (unpaired) electrons. The third kappa shape index (κ3) is 3.34. The number of hydrogen-bond donors (Lipinski definition) is 1. The van der Waals surface area contributed by atoms with Crippen LogP contribution in [0.25, 0.3) is 0 Å². The van der Waals surface area contributed by atoms with E-state index in [-0.39, 0.29) is 6.04 Å². The lowest BCUT2D eigenvalue weighted by Gasteiger charge is -2.16. The maximum atomic E-state index is 4.38. The molecule has 2 aromatic rings. The molecular formula is C12H14BrN3S. The van der Waals surface area contributed by atoms with Crippen molar-refractivity contribution in [2.75, 3.05) is 6.54 Å². The highest BCUT2D eigenvalue weighted by atomic mass is 79.9. The van der Waals surface area contributed by atoms with E-state index in [1.807, 2.05) is 6.20 Å². The molecule has 1 atom stereocenters. The molecule has 0 spiro atoms. The molecule has 0 aliphatic heterocycles. The second kappa shape index (κ2) is 6.23. The van der Waals surface area contributed by atoms with E-state index >= 15 is 0 Å². The average Bonchev–Trinajstić information content (AvgIpc) is 2.78. The Morgan fingerprint density at radius 1 is 1.47 bits per heavy atom. The Morgan fingerprint density at radius 3 is 2.94 bits per heavy atom. The van der Waals surface area contributed by atoms with Crippen LogP contribution in [-0.4, -0.2) is 16.5 Å². The molecule has 0 fully saturated rings. The fourth-order valence-electron chi connectivity index (χ4n) is 1.62. The maximum Gasteiger partial charge on any atom is 0.0801 e. The topological polar surface area (TPSA) is 37.8 Å².